The summed E-state index contributed by atoms with van der Waals surface area (Å²) in [5.41, 5.74) is 3.89. The van der Waals surface area contributed by atoms with E-state index >= 15 is 0 Å². The van der Waals surface area contributed by atoms with Crippen LogP contribution in [0.3, 0.4) is 0 Å². The highest BCUT2D eigenvalue weighted by atomic mass is 19.1. The van der Waals surface area contributed by atoms with Crippen molar-refractivity contribution in [1.82, 2.24) is 19.4 Å². The molecule has 0 aliphatic rings. The molecule has 0 aliphatic carbocycles. The van der Waals surface area contributed by atoms with Gasteiger partial charge in [-0.05, 0) is 50.9 Å². The zero-order chi connectivity index (χ0) is 31.1. The minimum Gasteiger partial charge on any atom is -0.494 e. The maximum atomic E-state index is 14.2. The summed E-state index contributed by atoms with van der Waals surface area (Å²) in [7, 11) is 9.38. The molecule has 0 bridgehead atoms. The topological polar surface area (TPSA) is 111 Å². The first kappa shape index (κ1) is 31.0. The van der Waals surface area contributed by atoms with Crippen molar-refractivity contribution >= 4 is 39.8 Å². The van der Waals surface area contributed by atoms with Crippen LogP contribution in [0.15, 0.2) is 54.9 Å². The molecular weight excluding hydrogens is 547 g/mol. The Labute approximate surface area is 251 Å². The molecule has 2 heterocycles. The molecule has 2 N–H and O–H groups in total. The van der Waals surface area contributed by atoms with Crippen LogP contribution < -0.4 is 20.3 Å². The number of hydrogen-bond acceptors (Lipinski definition) is 8. The number of allylic oxidation sites excluding steroid dienone is 1. The second kappa shape index (κ2) is 13.8. The van der Waals surface area contributed by atoms with Gasteiger partial charge in [-0.25, -0.2) is 14.4 Å². The van der Waals surface area contributed by atoms with E-state index in [1.165, 1.54) is 24.4 Å². The largest absolute Gasteiger partial charge is 0.494 e. The van der Waals surface area contributed by atoms with Crippen molar-refractivity contribution in [3.63, 3.8) is 0 Å². The first-order valence-electron chi connectivity index (χ1n) is 14.0. The van der Waals surface area contributed by atoms with Crippen LogP contribution in [0.1, 0.15) is 25.3 Å². The van der Waals surface area contributed by atoms with Gasteiger partial charge < -0.3 is 29.7 Å². The number of likely N-dealkylation sites (N-methyl/N-ethyl adjacent to an activating group) is 2. The minimum absolute atomic E-state index is 0.203. The Kier molecular flexibility index (Phi) is 9.95. The lowest BCUT2D eigenvalue weighted by atomic mass is 10.1. The second-order valence-corrected chi connectivity index (χ2v) is 10.5. The predicted octanol–water partition coefficient (Wildman–Crippen LogP) is 5.69. The van der Waals surface area contributed by atoms with Gasteiger partial charge in [-0.3, -0.25) is 4.79 Å². The number of carbonyl (C=O) groups excluding carboxylic acids is 1. The standard InChI is InChI=1S/C32H37FN8O2/c1-7-8-9-10-30(42)36-25-16-26(29(43-6)17-28(25)40(4)14-13-39(2)3)37-32-35-19-21(18-34)31(38-32)24-20-41(5)27-12-11-22(33)15-23(24)27/h9-12,15-17,19-20H,7-8,13-14H2,1-6H3,(H,36,42)(H,35,37,38)/b10-9-. The Morgan fingerprint density at radius 3 is 2.67 bits per heavy atom. The number of hydrogen-bond donors (Lipinski definition) is 2. The molecule has 0 atom stereocenters. The van der Waals surface area contributed by atoms with E-state index in [9.17, 15) is 14.4 Å². The van der Waals surface area contributed by atoms with E-state index in [0.29, 0.717) is 40.3 Å². The van der Waals surface area contributed by atoms with Gasteiger partial charge in [-0.15, -0.1) is 0 Å². The van der Waals surface area contributed by atoms with E-state index < -0.39 is 0 Å². The molecule has 1 amide bonds. The summed E-state index contributed by atoms with van der Waals surface area (Å²) in [4.78, 5) is 26.0. The highest BCUT2D eigenvalue weighted by molar-refractivity contribution is 6.02. The fraction of sp³-hybridized carbons (Fsp3) is 0.312. The summed E-state index contributed by atoms with van der Waals surface area (Å²) < 4.78 is 21.8. The zero-order valence-electron chi connectivity index (χ0n) is 25.4. The molecule has 0 saturated carbocycles. The number of nitrogens with zero attached hydrogens (tertiary/aromatic N) is 6. The lowest BCUT2D eigenvalue weighted by Crippen LogP contribution is -2.29. The van der Waals surface area contributed by atoms with E-state index in [-0.39, 0.29) is 23.2 Å². The monoisotopic (exact) mass is 584 g/mol. The van der Waals surface area contributed by atoms with E-state index in [2.05, 4.69) is 38.5 Å². The number of benzene rings is 2. The third kappa shape index (κ3) is 7.28. The van der Waals surface area contributed by atoms with Gasteiger partial charge in [-0.2, -0.15) is 5.26 Å². The number of fused-ring (bicyclic) bond motifs is 1. The molecule has 11 heteroatoms. The first-order chi connectivity index (χ1) is 20.6. The van der Waals surface area contributed by atoms with Crippen LogP contribution in [0, 0.1) is 17.1 Å². The minimum atomic E-state index is -0.384. The smallest absolute Gasteiger partial charge is 0.248 e. The lowest BCUT2D eigenvalue weighted by Gasteiger charge is -2.26. The summed E-state index contributed by atoms with van der Waals surface area (Å²) in [6, 6.07) is 10.3. The molecule has 10 nitrogen and oxygen atoms in total. The zero-order valence-corrected chi connectivity index (χ0v) is 25.4. The maximum Gasteiger partial charge on any atom is 0.248 e. The molecular formula is C32H37FN8O2. The van der Waals surface area contributed by atoms with Gasteiger partial charge >= 0.3 is 0 Å². The van der Waals surface area contributed by atoms with Crippen molar-refractivity contribution in [3.05, 3.63) is 66.3 Å². The van der Waals surface area contributed by atoms with Crippen molar-refractivity contribution in [3.8, 4) is 23.1 Å². The average molecular weight is 585 g/mol. The Morgan fingerprint density at radius 1 is 1.19 bits per heavy atom. The van der Waals surface area contributed by atoms with E-state index in [0.717, 1.165) is 30.6 Å². The van der Waals surface area contributed by atoms with Crippen LogP contribution in [0.2, 0.25) is 0 Å². The van der Waals surface area contributed by atoms with Crippen LogP contribution >= 0.6 is 0 Å². The fourth-order valence-corrected chi connectivity index (χ4v) is 4.66. The number of anilines is 4. The van der Waals surface area contributed by atoms with E-state index in [1.807, 2.05) is 56.0 Å². The number of rotatable bonds is 12. The predicted molar refractivity (Wildman–Crippen MR) is 169 cm³/mol. The van der Waals surface area contributed by atoms with E-state index in [1.54, 1.807) is 19.2 Å². The number of aromatic nitrogens is 3. The Bertz CT molecular complexity index is 1690. The molecule has 0 spiro atoms. The third-order valence-electron chi connectivity index (χ3n) is 6.96. The molecule has 2 aromatic heterocycles. The number of nitriles is 1. The number of methoxy groups -OCH3 is 1. The van der Waals surface area contributed by atoms with Crippen LogP contribution in [0.5, 0.6) is 5.75 Å². The molecule has 0 fully saturated rings. The van der Waals surface area contributed by atoms with Crippen molar-refractivity contribution < 1.29 is 13.9 Å². The van der Waals surface area contributed by atoms with E-state index in [4.69, 9.17) is 4.74 Å². The van der Waals surface area contributed by atoms with Crippen molar-refractivity contribution in [2.75, 3.05) is 56.9 Å². The molecule has 43 heavy (non-hydrogen) atoms. The quantitative estimate of drug-likeness (QED) is 0.204. The summed E-state index contributed by atoms with van der Waals surface area (Å²) >= 11 is 0. The summed E-state index contributed by atoms with van der Waals surface area (Å²) in [6.07, 6.45) is 8.38. The molecule has 0 unspecified atom stereocenters. The van der Waals surface area contributed by atoms with Gasteiger partial charge in [0, 0.05) is 55.9 Å². The van der Waals surface area contributed by atoms with Crippen LogP contribution in [0.4, 0.5) is 27.4 Å². The number of amides is 1. The molecule has 2 aromatic carbocycles. The van der Waals surface area contributed by atoms with Gasteiger partial charge in [0.05, 0.1) is 41.6 Å². The van der Waals surface area contributed by atoms with Gasteiger partial charge in [-0.1, -0.05) is 19.4 Å². The lowest BCUT2D eigenvalue weighted by molar-refractivity contribution is -0.111. The molecule has 0 saturated heterocycles. The van der Waals surface area contributed by atoms with Crippen LogP contribution in [-0.2, 0) is 11.8 Å². The first-order valence-corrected chi connectivity index (χ1v) is 14.0. The van der Waals surface area contributed by atoms with Gasteiger partial charge in [0.1, 0.15) is 17.6 Å². The summed E-state index contributed by atoms with van der Waals surface area (Å²) in [6.45, 7) is 3.57. The SMILES string of the molecule is CCC/C=C\C(=O)Nc1cc(Nc2ncc(C#N)c(-c3cn(C)c4ccc(F)cc34)n2)c(OC)cc1N(C)CCN(C)C. The highest BCUT2D eigenvalue weighted by Gasteiger charge is 2.19. The van der Waals surface area contributed by atoms with Crippen LogP contribution in [0.25, 0.3) is 22.2 Å². The van der Waals surface area contributed by atoms with Gasteiger partial charge in [0.25, 0.3) is 0 Å². The van der Waals surface area contributed by atoms with Gasteiger partial charge in [0.2, 0.25) is 11.9 Å². The van der Waals surface area contributed by atoms with Crippen molar-refractivity contribution in [2.45, 2.75) is 19.8 Å². The molecule has 4 aromatic rings. The fourth-order valence-electron chi connectivity index (χ4n) is 4.66. The van der Waals surface area contributed by atoms with Crippen molar-refractivity contribution in [2.24, 2.45) is 7.05 Å². The number of aryl methyl sites for hydroxylation is 1. The molecule has 0 radical (unpaired) electrons. The summed E-state index contributed by atoms with van der Waals surface area (Å²) in [5, 5.41) is 16.7. The number of nitrogens with one attached hydrogen (secondary N) is 2. The average Bonchev–Trinajstić information content (AvgIpc) is 3.31. The highest BCUT2D eigenvalue weighted by Crippen LogP contribution is 2.38. The van der Waals surface area contributed by atoms with Crippen molar-refractivity contribution in [1.29, 1.82) is 5.26 Å². The number of halogens is 1. The Hall–Kier alpha value is -4.95. The second-order valence-electron chi connectivity index (χ2n) is 10.5. The Balaban J connectivity index is 1.77. The molecule has 224 valence electrons. The number of ether oxygens (including phenoxy) is 1. The normalized spacial score (nSPS) is 11.2. The van der Waals surface area contributed by atoms with Gasteiger partial charge in [0.15, 0.2) is 0 Å². The number of unbranched alkanes of at least 4 members (excludes halogenated alkanes) is 1. The maximum absolute atomic E-state index is 14.2. The molecule has 0 aliphatic heterocycles. The molecule has 4 rings (SSSR count). The summed E-state index contributed by atoms with van der Waals surface area (Å²) in [5.74, 6) is 0.0831. The third-order valence-corrected chi connectivity index (χ3v) is 6.96. The number of carbonyl (C=O) groups is 1. The Morgan fingerprint density at radius 2 is 1.98 bits per heavy atom. The van der Waals surface area contributed by atoms with Crippen LogP contribution in [-0.4, -0.2) is 66.7 Å².